The van der Waals surface area contributed by atoms with E-state index < -0.39 is 0 Å². The summed E-state index contributed by atoms with van der Waals surface area (Å²) in [5, 5.41) is 0. The number of hydrogen-bond donors (Lipinski definition) is 1. The first kappa shape index (κ1) is 13.9. The highest BCUT2D eigenvalue weighted by atomic mass is 15.2. The molecule has 2 rings (SSSR count). The lowest BCUT2D eigenvalue weighted by Crippen LogP contribution is -2.39. The lowest BCUT2D eigenvalue weighted by Gasteiger charge is -2.31. The number of amidine groups is 1. The lowest BCUT2D eigenvalue weighted by molar-refractivity contribution is 0.178. The monoisotopic (exact) mass is 251 g/mol. The molecule has 0 amide bonds. The normalized spacial score (nSPS) is 26.2. The second kappa shape index (κ2) is 7.13. The van der Waals surface area contributed by atoms with E-state index >= 15 is 0 Å². The van der Waals surface area contributed by atoms with E-state index in [2.05, 4.69) is 16.8 Å². The highest BCUT2D eigenvalue weighted by Crippen LogP contribution is 2.23. The van der Waals surface area contributed by atoms with E-state index in [4.69, 9.17) is 5.73 Å². The highest BCUT2D eigenvalue weighted by molar-refractivity contribution is 5.82. The van der Waals surface area contributed by atoms with Crippen molar-refractivity contribution < 1.29 is 0 Å². The Morgan fingerprint density at radius 3 is 2.39 bits per heavy atom. The molecular weight excluding hydrogens is 222 g/mol. The Morgan fingerprint density at radius 1 is 1.11 bits per heavy atom. The predicted octanol–water partition coefficient (Wildman–Crippen LogP) is 2.80. The van der Waals surface area contributed by atoms with Crippen molar-refractivity contribution in [2.75, 3.05) is 19.6 Å². The van der Waals surface area contributed by atoms with E-state index in [0.29, 0.717) is 12.0 Å². The zero-order chi connectivity index (χ0) is 12.8. The van der Waals surface area contributed by atoms with Crippen molar-refractivity contribution in [1.29, 1.82) is 0 Å². The van der Waals surface area contributed by atoms with E-state index in [0.717, 1.165) is 12.4 Å². The predicted molar refractivity (Wildman–Crippen MR) is 78.0 cm³/mol. The van der Waals surface area contributed by atoms with Gasteiger partial charge in [-0.3, -0.25) is 9.89 Å². The van der Waals surface area contributed by atoms with Gasteiger partial charge in [0.1, 0.15) is 0 Å². The molecule has 2 N–H and O–H groups in total. The van der Waals surface area contributed by atoms with E-state index in [1.165, 1.54) is 64.5 Å². The van der Waals surface area contributed by atoms with Crippen molar-refractivity contribution in [2.45, 2.75) is 64.3 Å². The van der Waals surface area contributed by atoms with Crippen LogP contribution in [-0.2, 0) is 0 Å². The largest absolute Gasteiger partial charge is 0.387 e. The van der Waals surface area contributed by atoms with Crippen LogP contribution in [0.5, 0.6) is 0 Å². The van der Waals surface area contributed by atoms with E-state index in [1.54, 1.807) is 0 Å². The summed E-state index contributed by atoms with van der Waals surface area (Å²) in [6, 6.07) is 0.562. The van der Waals surface area contributed by atoms with Crippen LogP contribution in [0.3, 0.4) is 0 Å². The maximum Gasteiger partial charge on any atom is 0.0969 e. The van der Waals surface area contributed by atoms with Gasteiger partial charge in [0.25, 0.3) is 0 Å². The molecule has 3 heteroatoms. The second-order valence-electron chi connectivity index (χ2n) is 6.05. The number of rotatable bonds is 4. The Kier molecular flexibility index (Phi) is 5.48. The van der Waals surface area contributed by atoms with Crippen molar-refractivity contribution >= 4 is 5.84 Å². The fourth-order valence-corrected chi connectivity index (χ4v) is 3.24. The third-order valence-electron chi connectivity index (χ3n) is 4.58. The van der Waals surface area contributed by atoms with Gasteiger partial charge in [-0.2, -0.15) is 0 Å². The van der Waals surface area contributed by atoms with Gasteiger partial charge >= 0.3 is 0 Å². The molecule has 1 atom stereocenters. The van der Waals surface area contributed by atoms with E-state index in [-0.39, 0.29) is 0 Å². The summed E-state index contributed by atoms with van der Waals surface area (Å²) >= 11 is 0. The summed E-state index contributed by atoms with van der Waals surface area (Å²) in [5.41, 5.74) is 6.16. The van der Waals surface area contributed by atoms with Gasteiger partial charge in [0.2, 0.25) is 0 Å². The maximum absolute atomic E-state index is 6.16. The van der Waals surface area contributed by atoms with Crippen molar-refractivity contribution in [1.82, 2.24) is 4.90 Å². The molecule has 0 spiro atoms. The molecule has 0 bridgehead atoms. The van der Waals surface area contributed by atoms with Gasteiger partial charge in [-0.15, -0.1) is 0 Å². The second-order valence-corrected chi connectivity index (χ2v) is 6.05. The molecule has 1 saturated carbocycles. The molecule has 18 heavy (non-hydrogen) atoms. The quantitative estimate of drug-likeness (QED) is 0.616. The summed E-state index contributed by atoms with van der Waals surface area (Å²) in [4.78, 5) is 7.25. The van der Waals surface area contributed by atoms with Crippen molar-refractivity contribution in [3.8, 4) is 0 Å². The third kappa shape index (κ3) is 3.98. The Hall–Kier alpha value is -0.570. The number of aliphatic imine (C=N–C) groups is 1. The number of hydrogen-bond acceptors (Lipinski definition) is 2. The molecule has 2 fully saturated rings. The zero-order valence-corrected chi connectivity index (χ0v) is 11.9. The van der Waals surface area contributed by atoms with Gasteiger partial charge in [0.05, 0.1) is 12.4 Å². The van der Waals surface area contributed by atoms with Crippen LogP contribution >= 0.6 is 0 Å². The minimum absolute atomic E-state index is 0.562. The smallest absolute Gasteiger partial charge is 0.0969 e. The molecule has 1 unspecified atom stereocenters. The molecule has 2 aliphatic rings. The first-order valence-corrected chi connectivity index (χ1v) is 7.81. The Balaban J connectivity index is 1.77. The van der Waals surface area contributed by atoms with Crippen LogP contribution in [0.1, 0.15) is 58.3 Å². The van der Waals surface area contributed by atoms with Crippen LogP contribution in [0.2, 0.25) is 0 Å². The lowest BCUT2D eigenvalue weighted by atomic mass is 9.88. The van der Waals surface area contributed by atoms with Crippen LogP contribution in [0, 0.1) is 5.92 Å². The molecule has 0 aromatic rings. The van der Waals surface area contributed by atoms with Gasteiger partial charge in [0, 0.05) is 12.0 Å². The zero-order valence-electron chi connectivity index (χ0n) is 11.9. The van der Waals surface area contributed by atoms with Gasteiger partial charge < -0.3 is 5.73 Å². The number of nitrogens with zero attached hydrogens (tertiary/aromatic N) is 2. The molecule has 104 valence electrons. The van der Waals surface area contributed by atoms with Crippen LogP contribution in [-0.4, -0.2) is 36.4 Å². The summed E-state index contributed by atoms with van der Waals surface area (Å²) in [6.45, 7) is 5.69. The minimum atomic E-state index is 0.562. The fourth-order valence-electron chi connectivity index (χ4n) is 3.24. The topological polar surface area (TPSA) is 41.6 Å². The Bertz CT molecular complexity index is 263. The van der Waals surface area contributed by atoms with Gasteiger partial charge in [-0.05, 0) is 45.7 Å². The van der Waals surface area contributed by atoms with Crippen LogP contribution < -0.4 is 5.73 Å². The van der Waals surface area contributed by atoms with E-state index in [9.17, 15) is 0 Å². The first-order valence-electron chi connectivity index (χ1n) is 7.81. The molecule has 1 saturated heterocycles. The molecule has 0 aromatic heterocycles. The third-order valence-corrected chi connectivity index (χ3v) is 4.58. The summed E-state index contributed by atoms with van der Waals surface area (Å²) in [6.07, 6.45) is 10.7. The first-order chi connectivity index (χ1) is 8.77. The van der Waals surface area contributed by atoms with E-state index in [1.807, 2.05) is 0 Å². The van der Waals surface area contributed by atoms with Crippen molar-refractivity contribution in [3.63, 3.8) is 0 Å². The Labute approximate surface area is 112 Å². The van der Waals surface area contributed by atoms with Crippen LogP contribution in [0.15, 0.2) is 4.99 Å². The SMILES string of the molecule is CC(CN=C(N)C1CCCCC1)N1CCCCC1. The average Bonchev–Trinajstić information content (AvgIpc) is 2.46. The molecule has 1 aliphatic carbocycles. The summed E-state index contributed by atoms with van der Waals surface area (Å²) in [7, 11) is 0. The summed E-state index contributed by atoms with van der Waals surface area (Å²) < 4.78 is 0. The van der Waals surface area contributed by atoms with Crippen LogP contribution in [0.4, 0.5) is 0 Å². The molecule has 3 nitrogen and oxygen atoms in total. The molecule has 0 radical (unpaired) electrons. The Morgan fingerprint density at radius 2 is 1.72 bits per heavy atom. The fraction of sp³-hybridized carbons (Fsp3) is 0.933. The van der Waals surface area contributed by atoms with Crippen molar-refractivity contribution in [3.05, 3.63) is 0 Å². The van der Waals surface area contributed by atoms with Gasteiger partial charge in [0.15, 0.2) is 0 Å². The van der Waals surface area contributed by atoms with Crippen molar-refractivity contribution in [2.24, 2.45) is 16.6 Å². The number of piperidine rings is 1. The standard InChI is InChI=1S/C15H29N3/c1-13(18-10-6-3-7-11-18)12-17-15(16)14-8-4-2-5-9-14/h13-14H,2-12H2,1H3,(H2,16,17). The van der Waals surface area contributed by atoms with Crippen LogP contribution in [0.25, 0.3) is 0 Å². The average molecular weight is 251 g/mol. The molecular formula is C15H29N3. The maximum atomic E-state index is 6.16. The van der Waals surface area contributed by atoms with Gasteiger partial charge in [-0.25, -0.2) is 0 Å². The molecule has 1 heterocycles. The van der Waals surface area contributed by atoms with Gasteiger partial charge in [-0.1, -0.05) is 25.7 Å². The molecule has 0 aromatic carbocycles. The molecule has 1 aliphatic heterocycles. The summed E-state index contributed by atoms with van der Waals surface area (Å²) in [5.74, 6) is 1.51. The number of nitrogens with two attached hydrogens (primary N) is 1. The highest BCUT2D eigenvalue weighted by Gasteiger charge is 2.19. The number of likely N-dealkylation sites (tertiary alicyclic amines) is 1. The minimum Gasteiger partial charge on any atom is -0.387 e.